The van der Waals surface area contributed by atoms with Gasteiger partial charge in [0.1, 0.15) is 5.75 Å². The average Bonchev–Trinajstić information content (AvgIpc) is 2.39. The molecule has 0 radical (unpaired) electrons. The topological polar surface area (TPSA) is 38.3 Å². The number of hydrogen-bond acceptors (Lipinski definition) is 2. The third-order valence-corrected chi connectivity index (χ3v) is 3.18. The number of amides is 1. The zero-order valence-corrected chi connectivity index (χ0v) is 13.4. The highest BCUT2D eigenvalue weighted by Crippen LogP contribution is 2.26. The number of nitrogens with one attached hydrogen (secondary N) is 1. The Bertz CT molecular complexity index is 644. The third kappa shape index (κ3) is 5.13. The van der Waals surface area contributed by atoms with Gasteiger partial charge in [0.15, 0.2) is 0 Å². The Balaban J connectivity index is 2.05. The second-order valence-corrected chi connectivity index (χ2v) is 5.72. The van der Waals surface area contributed by atoms with Crippen molar-refractivity contribution in [2.24, 2.45) is 0 Å². The van der Waals surface area contributed by atoms with E-state index in [4.69, 9.17) is 0 Å². The van der Waals surface area contributed by atoms with Gasteiger partial charge in [-0.1, -0.05) is 6.07 Å². The minimum absolute atomic E-state index is 0.0951. The van der Waals surface area contributed by atoms with Crippen LogP contribution in [-0.2, 0) is 0 Å². The number of alkyl halides is 3. The summed E-state index contributed by atoms with van der Waals surface area (Å²) in [5, 5.41) is 2.66. The van der Waals surface area contributed by atoms with E-state index in [0.29, 0.717) is 11.3 Å². The third-order valence-electron chi connectivity index (χ3n) is 2.43. The normalized spacial score (nSPS) is 11.0. The molecule has 0 atom stereocenters. The lowest BCUT2D eigenvalue weighted by atomic mass is 10.2. The molecular formula is C14H9ClF2INO2. The molecule has 1 amide bonds. The SMILES string of the molecule is O=C(Nc1ccc(OC(F)(F)Cl)cc1)c1cccc(I)c1. The maximum absolute atomic E-state index is 12.5. The predicted octanol–water partition coefficient (Wildman–Crippen LogP) is 4.71. The Hall–Kier alpha value is -1.41. The molecule has 110 valence electrons. The summed E-state index contributed by atoms with van der Waals surface area (Å²) >= 11 is 6.77. The van der Waals surface area contributed by atoms with Crippen LogP contribution >= 0.6 is 34.2 Å². The van der Waals surface area contributed by atoms with Crippen molar-refractivity contribution in [2.75, 3.05) is 5.32 Å². The molecule has 0 heterocycles. The molecule has 0 fully saturated rings. The van der Waals surface area contributed by atoms with Crippen LogP contribution in [0, 0.1) is 3.57 Å². The number of carbonyl (C=O) groups is 1. The summed E-state index contributed by atoms with van der Waals surface area (Å²) in [5.74, 6) is -0.382. The Morgan fingerprint density at radius 1 is 1.19 bits per heavy atom. The highest BCUT2D eigenvalue weighted by atomic mass is 127. The standard InChI is InChI=1S/C14H9ClF2INO2/c15-14(16,17)21-12-6-4-11(5-7-12)19-13(20)9-2-1-3-10(18)8-9/h1-8H,(H,19,20). The summed E-state index contributed by atoms with van der Waals surface area (Å²) in [6, 6.07) is 12.5. The second-order valence-electron chi connectivity index (χ2n) is 4.04. The van der Waals surface area contributed by atoms with E-state index in [1.165, 1.54) is 24.3 Å². The summed E-state index contributed by atoms with van der Waals surface area (Å²) in [6.07, 6.45) is 0. The van der Waals surface area contributed by atoms with E-state index in [9.17, 15) is 13.6 Å². The van der Waals surface area contributed by atoms with Crippen molar-refractivity contribution in [2.45, 2.75) is 5.57 Å². The smallest absolute Gasteiger partial charge is 0.420 e. The van der Waals surface area contributed by atoms with Crippen molar-refractivity contribution >= 4 is 45.8 Å². The Labute approximate surface area is 138 Å². The van der Waals surface area contributed by atoms with Gasteiger partial charge < -0.3 is 10.1 Å². The first-order valence-corrected chi connectivity index (χ1v) is 7.22. The first-order valence-electron chi connectivity index (χ1n) is 5.76. The van der Waals surface area contributed by atoms with Crippen LogP contribution in [-0.4, -0.2) is 11.5 Å². The Morgan fingerprint density at radius 3 is 2.43 bits per heavy atom. The Kier molecular flexibility index (Phi) is 5.00. The van der Waals surface area contributed by atoms with Crippen molar-refractivity contribution in [1.29, 1.82) is 0 Å². The molecule has 0 aliphatic rings. The molecule has 7 heteroatoms. The van der Waals surface area contributed by atoms with Gasteiger partial charge in [-0.05, 0) is 65.1 Å². The lowest BCUT2D eigenvalue weighted by Gasteiger charge is -2.11. The van der Waals surface area contributed by atoms with E-state index in [1.54, 1.807) is 18.2 Å². The zero-order valence-electron chi connectivity index (χ0n) is 10.4. The van der Waals surface area contributed by atoms with Crippen LogP contribution in [0.15, 0.2) is 48.5 Å². The van der Waals surface area contributed by atoms with Crippen LogP contribution in [0.2, 0.25) is 0 Å². The van der Waals surface area contributed by atoms with E-state index < -0.39 is 5.57 Å². The highest BCUT2D eigenvalue weighted by Gasteiger charge is 2.27. The quantitative estimate of drug-likeness (QED) is 0.571. The molecule has 2 aromatic carbocycles. The summed E-state index contributed by atoms with van der Waals surface area (Å²) in [5.41, 5.74) is -2.79. The average molecular weight is 424 g/mol. The minimum Gasteiger partial charge on any atom is -0.420 e. The summed E-state index contributed by atoms with van der Waals surface area (Å²) in [7, 11) is 0. The molecular weight excluding hydrogens is 415 g/mol. The largest absolute Gasteiger partial charge is 0.487 e. The molecule has 0 aromatic heterocycles. The number of hydrogen-bond donors (Lipinski definition) is 1. The van der Waals surface area contributed by atoms with Crippen LogP contribution in [0.5, 0.6) is 5.75 Å². The molecule has 3 nitrogen and oxygen atoms in total. The van der Waals surface area contributed by atoms with E-state index in [1.807, 2.05) is 6.07 Å². The summed E-state index contributed by atoms with van der Waals surface area (Å²) < 4.78 is 30.0. The molecule has 0 saturated heterocycles. The molecule has 2 aromatic rings. The molecule has 0 bridgehead atoms. The van der Waals surface area contributed by atoms with Crippen LogP contribution in [0.1, 0.15) is 10.4 Å². The first kappa shape index (κ1) is 16.0. The fourth-order valence-electron chi connectivity index (χ4n) is 1.57. The molecule has 0 saturated carbocycles. The zero-order chi connectivity index (χ0) is 15.5. The molecule has 0 unspecified atom stereocenters. The highest BCUT2D eigenvalue weighted by molar-refractivity contribution is 14.1. The van der Waals surface area contributed by atoms with Gasteiger partial charge in [0.05, 0.1) is 0 Å². The first-order chi connectivity index (χ1) is 9.83. The second kappa shape index (κ2) is 6.57. The van der Waals surface area contributed by atoms with E-state index in [2.05, 4.69) is 44.2 Å². The van der Waals surface area contributed by atoms with Crippen LogP contribution in [0.25, 0.3) is 0 Å². The molecule has 0 spiro atoms. The molecule has 21 heavy (non-hydrogen) atoms. The van der Waals surface area contributed by atoms with Gasteiger partial charge >= 0.3 is 5.57 Å². The van der Waals surface area contributed by atoms with Gasteiger partial charge in [-0.15, -0.1) is 8.78 Å². The minimum atomic E-state index is -3.76. The van der Waals surface area contributed by atoms with Gasteiger partial charge in [-0.2, -0.15) is 0 Å². The van der Waals surface area contributed by atoms with Crippen LogP contribution in [0.3, 0.4) is 0 Å². The van der Waals surface area contributed by atoms with Gasteiger partial charge in [-0.25, -0.2) is 0 Å². The lowest BCUT2D eigenvalue weighted by Crippen LogP contribution is -2.15. The van der Waals surface area contributed by atoms with Crippen molar-refractivity contribution in [1.82, 2.24) is 0 Å². The number of halogens is 4. The molecule has 0 aliphatic heterocycles. The van der Waals surface area contributed by atoms with Crippen molar-refractivity contribution in [3.05, 3.63) is 57.7 Å². The van der Waals surface area contributed by atoms with Gasteiger partial charge in [0.25, 0.3) is 5.91 Å². The van der Waals surface area contributed by atoms with E-state index in [0.717, 1.165) is 3.57 Å². The van der Waals surface area contributed by atoms with Gasteiger partial charge in [-0.3, -0.25) is 4.79 Å². The Morgan fingerprint density at radius 2 is 1.86 bits per heavy atom. The van der Waals surface area contributed by atoms with Crippen LogP contribution in [0.4, 0.5) is 14.5 Å². The number of anilines is 1. The number of benzene rings is 2. The monoisotopic (exact) mass is 423 g/mol. The van der Waals surface area contributed by atoms with Crippen molar-refractivity contribution in [3.8, 4) is 5.75 Å². The van der Waals surface area contributed by atoms with Crippen LogP contribution < -0.4 is 10.1 Å². The van der Waals surface area contributed by atoms with Gasteiger partial charge in [0.2, 0.25) is 0 Å². The van der Waals surface area contributed by atoms with Crippen molar-refractivity contribution in [3.63, 3.8) is 0 Å². The number of ether oxygens (including phenoxy) is 1. The number of rotatable bonds is 4. The maximum atomic E-state index is 12.5. The van der Waals surface area contributed by atoms with Gasteiger partial charge in [0, 0.05) is 26.4 Å². The lowest BCUT2D eigenvalue weighted by molar-refractivity contribution is -0.0964. The number of carbonyl (C=O) groups excluding carboxylic acids is 1. The predicted molar refractivity (Wildman–Crippen MR) is 85.0 cm³/mol. The fourth-order valence-corrected chi connectivity index (χ4v) is 2.21. The van der Waals surface area contributed by atoms with E-state index in [-0.39, 0.29) is 11.7 Å². The summed E-state index contributed by atoms with van der Waals surface area (Å²) in [4.78, 5) is 12.0. The molecule has 1 N–H and O–H groups in total. The van der Waals surface area contributed by atoms with E-state index >= 15 is 0 Å². The summed E-state index contributed by atoms with van der Waals surface area (Å²) in [6.45, 7) is 0. The van der Waals surface area contributed by atoms with Crippen molar-refractivity contribution < 1.29 is 18.3 Å². The maximum Gasteiger partial charge on any atom is 0.487 e. The fraction of sp³-hybridized carbons (Fsp3) is 0.0714. The molecule has 2 rings (SSSR count). The molecule has 0 aliphatic carbocycles.